The lowest BCUT2D eigenvalue weighted by Crippen LogP contribution is -2.26. The number of fused-ring (bicyclic) bond motifs is 1. The Bertz CT molecular complexity index is 1200. The number of aromatic nitrogens is 2. The average molecular weight is 438 g/mol. The number of benzene rings is 3. The van der Waals surface area contributed by atoms with Crippen LogP contribution in [0, 0.1) is 0 Å². The van der Waals surface area contributed by atoms with E-state index in [9.17, 15) is 4.79 Å². The van der Waals surface area contributed by atoms with Gasteiger partial charge in [-0.1, -0.05) is 60.7 Å². The van der Waals surface area contributed by atoms with Crippen molar-refractivity contribution in [3.8, 4) is 11.5 Å². The number of nitrogens with zero attached hydrogens (tertiary/aromatic N) is 2. The van der Waals surface area contributed by atoms with Crippen LogP contribution in [0.1, 0.15) is 39.8 Å². The Kier molecular flexibility index (Phi) is 6.20. The average Bonchev–Trinajstić information content (AvgIpc) is 3.29. The summed E-state index contributed by atoms with van der Waals surface area (Å²) in [5.41, 5.74) is 3.00. The summed E-state index contributed by atoms with van der Waals surface area (Å²) in [7, 11) is 0. The highest BCUT2D eigenvalue weighted by Gasteiger charge is 2.23. The van der Waals surface area contributed by atoms with E-state index in [1.54, 1.807) is 0 Å². The van der Waals surface area contributed by atoms with Crippen molar-refractivity contribution in [2.75, 3.05) is 6.54 Å². The quantitative estimate of drug-likeness (QED) is 0.422. The number of hydrogen-bond donors (Lipinski definition) is 1. The molecule has 0 bridgehead atoms. The number of imidazole rings is 1. The van der Waals surface area contributed by atoms with Gasteiger partial charge in [-0.15, -0.1) is 0 Å². The molecular weight excluding hydrogens is 410 g/mol. The lowest BCUT2D eigenvalue weighted by Gasteiger charge is -2.24. The molecule has 0 fully saturated rings. The van der Waals surface area contributed by atoms with E-state index < -0.39 is 0 Å². The van der Waals surface area contributed by atoms with E-state index >= 15 is 0 Å². The number of aryl methyl sites for hydroxylation is 1. The normalized spacial score (nSPS) is 15.0. The Hall–Kier alpha value is -3.86. The Morgan fingerprint density at radius 2 is 1.64 bits per heavy atom. The summed E-state index contributed by atoms with van der Waals surface area (Å²) in [5.74, 6) is 2.95. The van der Waals surface area contributed by atoms with Gasteiger partial charge in [0.1, 0.15) is 23.0 Å². The van der Waals surface area contributed by atoms with Crippen molar-refractivity contribution in [2.24, 2.45) is 0 Å². The summed E-state index contributed by atoms with van der Waals surface area (Å²) in [6, 6.07) is 28.3. The van der Waals surface area contributed by atoms with Crippen molar-refractivity contribution in [2.45, 2.75) is 31.7 Å². The molecule has 33 heavy (non-hydrogen) atoms. The van der Waals surface area contributed by atoms with Crippen LogP contribution in [-0.2, 0) is 19.4 Å². The number of rotatable bonds is 7. The molecule has 4 aromatic rings. The van der Waals surface area contributed by atoms with Crippen LogP contribution in [-0.4, -0.2) is 22.0 Å². The summed E-state index contributed by atoms with van der Waals surface area (Å²) in [5, 5.41) is 3.00. The number of para-hydroxylation sites is 1. The molecule has 3 aromatic carbocycles. The molecule has 0 saturated heterocycles. The van der Waals surface area contributed by atoms with Gasteiger partial charge in [-0.05, 0) is 48.2 Å². The number of nitrogens with one attached hydrogen (secondary N) is 1. The zero-order valence-corrected chi connectivity index (χ0v) is 18.5. The smallest absolute Gasteiger partial charge is 0.271 e. The van der Waals surface area contributed by atoms with E-state index in [1.165, 1.54) is 11.1 Å². The van der Waals surface area contributed by atoms with Crippen molar-refractivity contribution < 1.29 is 9.53 Å². The molecule has 1 atom stereocenters. The van der Waals surface area contributed by atoms with Crippen LogP contribution in [0.2, 0.25) is 0 Å². The van der Waals surface area contributed by atoms with E-state index in [1.807, 2.05) is 66.9 Å². The van der Waals surface area contributed by atoms with Crippen molar-refractivity contribution >= 4 is 5.91 Å². The third-order valence-electron chi connectivity index (χ3n) is 6.10. The van der Waals surface area contributed by atoms with Gasteiger partial charge in [0.2, 0.25) is 0 Å². The van der Waals surface area contributed by atoms with Gasteiger partial charge in [-0.2, -0.15) is 0 Å². The molecule has 1 aliphatic rings. The number of hydrogen-bond acceptors (Lipinski definition) is 3. The molecule has 0 radical (unpaired) electrons. The predicted molar refractivity (Wildman–Crippen MR) is 129 cm³/mol. The second kappa shape index (κ2) is 9.74. The molecule has 0 spiro atoms. The van der Waals surface area contributed by atoms with Crippen molar-refractivity contribution in [3.63, 3.8) is 0 Å². The van der Waals surface area contributed by atoms with Gasteiger partial charge >= 0.3 is 0 Å². The van der Waals surface area contributed by atoms with Crippen molar-refractivity contribution in [1.82, 2.24) is 14.9 Å². The van der Waals surface area contributed by atoms with Crippen molar-refractivity contribution in [1.29, 1.82) is 0 Å². The molecule has 166 valence electrons. The number of ether oxygens (including phenoxy) is 1. The topological polar surface area (TPSA) is 56.2 Å². The van der Waals surface area contributed by atoms with Gasteiger partial charge in [-0.3, -0.25) is 4.79 Å². The third-order valence-corrected chi connectivity index (χ3v) is 6.10. The first kappa shape index (κ1) is 21.0. The summed E-state index contributed by atoms with van der Waals surface area (Å²) in [6.45, 7) is 1.43. The lowest BCUT2D eigenvalue weighted by atomic mass is 9.91. The van der Waals surface area contributed by atoms with Crippen LogP contribution in [0.4, 0.5) is 0 Å². The summed E-state index contributed by atoms with van der Waals surface area (Å²) in [6.07, 6.45) is 4.59. The SMILES string of the molecule is O=C(NCCc1ccccc1)c1cn2c(n1)CC[C@@H](c1ccc(Oc3ccccc3)cc1)C2. The molecule has 0 unspecified atom stereocenters. The highest BCUT2D eigenvalue weighted by molar-refractivity contribution is 5.92. The lowest BCUT2D eigenvalue weighted by molar-refractivity contribution is 0.0949. The predicted octanol–water partition coefficient (Wildman–Crippen LogP) is 5.38. The van der Waals surface area contributed by atoms with Crippen LogP contribution in [0.3, 0.4) is 0 Å². The maximum absolute atomic E-state index is 12.6. The molecule has 5 rings (SSSR count). The second-order valence-corrected chi connectivity index (χ2v) is 8.41. The van der Waals surface area contributed by atoms with Gasteiger partial charge in [0, 0.05) is 31.6 Å². The van der Waals surface area contributed by atoms with Crippen LogP contribution < -0.4 is 10.1 Å². The minimum atomic E-state index is -0.105. The minimum Gasteiger partial charge on any atom is -0.457 e. The van der Waals surface area contributed by atoms with Crippen LogP contribution in [0.25, 0.3) is 0 Å². The summed E-state index contributed by atoms with van der Waals surface area (Å²) >= 11 is 0. The first-order valence-corrected chi connectivity index (χ1v) is 11.5. The molecule has 1 aliphatic heterocycles. The fourth-order valence-corrected chi connectivity index (χ4v) is 4.31. The number of carbonyl (C=O) groups is 1. The van der Waals surface area contributed by atoms with Gasteiger partial charge in [0.05, 0.1) is 0 Å². The van der Waals surface area contributed by atoms with Crippen molar-refractivity contribution in [3.05, 3.63) is 114 Å². The third kappa shape index (κ3) is 5.14. The monoisotopic (exact) mass is 437 g/mol. The van der Waals surface area contributed by atoms with Crippen LogP contribution in [0.5, 0.6) is 11.5 Å². The fraction of sp³-hybridized carbons (Fsp3) is 0.214. The summed E-state index contributed by atoms with van der Waals surface area (Å²) < 4.78 is 8.04. The highest BCUT2D eigenvalue weighted by atomic mass is 16.5. The van der Waals surface area contributed by atoms with Gasteiger partial charge in [-0.25, -0.2) is 4.98 Å². The molecule has 2 heterocycles. The maximum Gasteiger partial charge on any atom is 0.271 e. The number of amides is 1. The van der Waals surface area contributed by atoms with E-state index in [0.29, 0.717) is 18.2 Å². The molecular formula is C28H27N3O2. The van der Waals surface area contributed by atoms with E-state index in [2.05, 4.69) is 39.1 Å². The molecule has 1 amide bonds. The van der Waals surface area contributed by atoms with E-state index in [4.69, 9.17) is 4.74 Å². The van der Waals surface area contributed by atoms with E-state index in [-0.39, 0.29) is 5.91 Å². The number of carbonyl (C=O) groups excluding carboxylic acids is 1. The maximum atomic E-state index is 12.6. The molecule has 0 saturated carbocycles. The summed E-state index contributed by atoms with van der Waals surface area (Å²) in [4.78, 5) is 17.2. The minimum absolute atomic E-state index is 0.105. The van der Waals surface area contributed by atoms with Gasteiger partial charge in [0.15, 0.2) is 0 Å². The molecule has 5 nitrogen and oxygen atoms in total. The largest absolute Gasteiger partial charge is 0.457 e. The molecule has 1 aromatic heterocycles. The zero-order chi connectivity index (χ0) is 22.5. The standard InChI is InChI=1S/C28H27N3O2/c32-28(29-18-17-21-7-3-1-4-8-21)26-20-31-19-23(13-16-27(31)30-26)22-11-14-25(15-12-22)33-24-9-5-2-6-10-24/h1-12,14-15,20,23H,13,16-19H2,(H,29,32)/t23-/m1/s1. The fourth-order valence-electron chi connectivity index (χ4n) is 4.31. The van der Waals surface area contributed by atoms with Crippen LogP contribution in [0.15, 0.2) is 91.1 Å². The first-order chi connectivity index (χ1) is 16.2. The van der Waals surface area contributed by atoms with E-state index in [0.717, 1.165) is 43.1 Å². The molecule has 5 heteroatoms. The second-order valence-electron chi connectivity index (χ2n) is 8.41. The first-order valence-electron chi connectivity index (χ1n) is 11.5. The Morgan fingerprint density at radius 3 is 2.39 bits per heavy atom. The highest BCUT2D eigenvalue weighted by Crippen LogP contribution is 2.31. The Morgan fingerprint density at radius 1 is 0.939 bits per heavy atom. The van der Waals surface area contributed by atoms with Gasteiger partial charge in [0.25, 0.3) is 5.91 Å². The Balaban J connectivity index is 1.18. The molecule has 0 aliphatic carbocycles. The van der Waals surface area contributed by atoms with Gasteiger partial charge < -0.3 is 14.6 Å². The zero-order valence-electron chi connectivity index (χ0n) is 18.5. The molecule has 1 N–H and O–H groups in total. The Labute approximate surface area is 194 Å². The van der Waals surface area contributed by atoms with Crippen LogP contribution >= 0.6 is 0 Å².